The number of hydrogen-bond donors (Lipinski definition) is 1. The molecule has 0 spiro atoms. The largest absolute Gasteiger partial charge is 0.480 e. The van der Waals surface area contributed by atoms with Gasteiger partial charge in [-0.15, -0.1) is 11.3 Å². The molecule has 0 fully saturated rings. The van der Waals surface area contributed by atoms with Crippen LogP contribution in [-0.4, -0.2) is 20.6 Å². The number of aromatic nitrogens is 2. The maximum absolute atomic E-state index is 11.3. The SMILES string of the molecule is CC(C)C(C(=O)O)n1ccnc1-c1cccs1. The van der Waals surface area contributed by atoms with E-state index in [4.69, 9.17) is 0 Å². The second kappa shape index (κ2) is 4.71. The molecule has 2 heterocycles. The van der Waals surface area contributed by atoms with Crippen molar-refractivity contribution in [3.05, 3.63) is 29.9 Å². The summed E-state index contributed by atoms with van der Waals surface area (Å²) in [4.78, 5) is 16.6. The summed E-state index contributed by atoms with van der Waals surface area (Å²) < 4.78 is 1.73. The van der Waals surface area contributed by atoms with E-state index in [0.717, 1.165) is 10.7 Å². The van der Waals surface area contributed by atoms with E-state index in [1.165, 1.54) is 0 Å². The van der Waals surface area contributed by atoms with Gasteiger partial charge in [-0.25, -0.2) is 9.78 Å². The van der Waals surface area contributed by atoms with Crippen LogP contribution in [0.5, 0.6) is 0 Å². The molecule has 0 amide bonds. The van der Waals surface area contributed by atoms with E-state index >= 15 is 0 Å². The molecule has 1 atom stereocenters. The van der Waals surface area contributed by atoms with E-state index in [-0.39, 0.29) is 5.92 Å². The van der Waals surface area contributed by atoms with Crippen LogP contribution in [0, 0.1) is 5.92 Å². The molecular formula is C12H14N2O2S. The Bertz CT molecular complexity index is 502. The third-order valence-corrected chi connectivity index (χ3v) is 3.46. The molecule has 4 nitrogen and oxygen atoms in total. The summed E-state index contributed by atoms with van der Waals surface area (Å²) in [6.45, 7) is 3.80. The highest BCUT2D eigenvalue weighted by Gasteiger charge is 2.25. The van der Waals surface area contributed by atoms with Crippen LogP contribution in [0.1, 0.15) is 19.9 Å². The fourth-order valence-corrected chi connectivity index (χ4v) is 2.58. The minimum absolute atomic E-state index is 0.0143. The van der Waals surface area contributed by atoms with Gasteiger partial charge in [-0.2, -0.15) is 0 Å². The normalized spacial score (nSPS) is 12.9. The first-order valence-corrected chi connectivity index (χ1v) is 6.28. The zero-order chi connectivity index (χ0) is 12.4. The predicted octanol–water partition coefficient (Wildman–Crippen LogP) is 2.89. The predicted molar refractivity (Wildman–Crippen MR) is 67.1 cm³/mol. The number of carbonyl (C=O) groups is 1. The molecule has 2 aromatic rings. The van der Waals surface area contributed by atoms with Gasteiger partial charge in [-0.05, 0) is 17.4 Å². The van der Waals surface area contributed by atoms with Crippen LogP contribution in [0.2, 0.25) is 0 Å². The van der Waals surface area contributed by atoms with Crippen LogP contribution in [0.4, 0.5) is 0 Å². The summed E-state index contributed by atoms with van der Waals surface area (Å²) in [5, 5.41) is 11.3. The van der Waals surface area contributed by atoms with E-state index in [1.807, 2.05) is 31.4 Å². The fraction of sp³-hybridized carbons (Fsp3) is 0.333. The van der Waals surface area contributed by atoms with Crippen LogP contribution in [-0.2, 0) is 4.79 Å². The summed E-state index contributed by atoms with van der Waals surface area (Å²) in [6.07, 6.45) is 3.38. The van der Waals surface area contributed by atoms with Crippen molar-refractivity contribution in [1.82, 2.24) is 9.55 Å². The van der Waals surface area contributed by atoms with E-state index < -0.39 is 12.0 Å². The molecule has 0 saturated heterocycles. The number of hydrogen-bond acceptors (Lipinski definition) is 3. The number of imidazole rings is 1. The molecule has 2 rings (SSSR count). The molecule has 1 N–H and O–H groups in total. The van der Waals surface area contributed by atoms with Gasteiger partial charge in [0.2, 0.25) is 0 Å². The van der Waals surface area contributed by atoms with Crippen molar-refractivity contribution in [2.75, 3.05) is 0 Å². The van der Waals surface area contributed by atoms with Crippen LogP contribution >= 0.6 is 11.3 Å². The first kappa shape index (κ1) is 11.9. The molecule has 0 aliphatic carbocycles. The van der Waals surface area contributed by atoms with Gasteiger partial charge in [0.05, 0.1) is 4.88 Å². The zero-order valence-corrected chi connectivity index (χ0v) is 10.5. The highest BCUT2D eigenvalue weighted by molar-refractivity contribution is 7.13. The average molecular weight is 250 g/mol. The zero-order valence-electron chi connectivity index (χ0n) is 9.70. The molecule has 0 aromatic carbocycles. The maximum Gasteiger partial charge on any atom is 0.327 e. The van der Waals surface area contributed by atoms with Gasteiger partial charge in [0, 0.05) is 12.4 Å². The quantitative estimate of drug-likeness (QED) is 0.907. The number of aliphatic carboxylic acids is 1. The second-order valence-electron chi connectivity index (χ2n) is 4.16. The van der Waals surface area contributed by atoms with Gasteiger partial charge in [-0.3, -0.25) is 0 Å². The van der Waals surface area contributed by atoms with Crippen molar-refractivity contribution < 1.29 is 9.90 Å². The highest BCUT2D eigenvalue weighted by Crippen LogP contribution is 2.28. The summed E-state index contributed by atoms with van der Waals surface area (Å²) >= 11 is 1.56. The molecule has 1 unspecified atom stereocenters. The number of thiophene rings is 1. The standard InChI is InChI=1S/C12H14N2O2S/c1-8(2)10(12(15)16)14-6-5-13-11(14)9-4-3-7-17-9/h3-8,10H,1-2H3,(H,15,16). The topological polar surface area (TPSA) is 55.1 Å². The molecule has 0 bridgehead atoms. The molecule has 2 aromatic heterocycles. The third kappa shape index (κ3) is 2.24. The van der Waals surface area contributed by atoms with Crippen molar-refractivity contribution in [3.63, 3.8) is 0 Å². The molecule has 90 valence electrons. The molecule has 0 saturated carbocycles. The Labute approximate surface area is 104 Å². The van der Waals surface area contributed by atoms with E-state index in [2.05, 4.69) is 4.98 Å². The van der Waals surface area contributed by atoms with Gasteiger partial charge >= 0.3 is 5.97 Å². The molecule has 5 heteroatoms. The Morgan fingerprint density at radius 3 is 2.82 bits per heavy atom. The number of rotatable bonds is 4. The van der Waals surface area contributed by atoms with Gasteiger partial charge < -0.3 is 9.67 Å². The Morgan fingerprint density at radius 2 is 2.29 bits per heavy atom. The van der Waals surface area contributed by atoms with E-state index in [0.29, 0.717) is 0 Å². The molecule has 0 aliphatic rings. The summed E-state index contributed by atoms with van der Waals surface area (Å²) in [5.41, 5.74) is 0. The van der Waals surface area contributed by atoms with Gasteiger partial charge in [0.15, 0.2) is 5.82 Å². The number of carboxylic acids is 1. The lowest BCUT2D eigenvalue weighted by atomic mass is 10.0. The van der Waals surface area contributed by atoms with Gasteiger partial charge in [-0.1, -0.05) is 19.9 Å². The lowest BCUT2D eigenvalue weighted by Crippen LogP contribution is -2.24. The van der Waals surface area contributed by atoms with Crippen molar-refractivity contribution in [2.24, 2.45) is 5.92 Å². The second-order valence-corrected chi connectivity index (χ2v) is 5.11. The van der Waals surface area contributed by atoms with E-state index in [1.54, 1.807) is 28.3 Å². The molecule has 0 aliphatic heterocycles. The molecular weight excluding hydrogens is 236 g/mol. The van der Waals surface area contributed by atoms with Gasteiger partial charge in [0.25, 0.3) is 0 Å². The Hall–Kier alpha value is -1.62. The first-order valence-electron chi connectivity index (χ1n) is 5.40. The Morgan fingerprint density at radius 1 is 1.53 bits per heavy atom. The first-order chi connectivity index (χ1) is 8.11. The van der Waals surface area contributed by atoms with Crippen molar-refractivity contribution >= 4 is 17.3 Å². The van der Waals surface area contributed by atoms with E-state index in [9.17, 15) is 9.90 Å². The maximum atomic E-state index is 11.3. The monoisotopic (exact) mass is 250 g/mol. The number of carboxylic acid groups (broad SMARTS) is 1. The lowest BCUT2D eigenvalue weighted by Gasteiger charge is -2.19. The Kier molecular flexibility index (Phi) is 3.28. The molecule has 17 heavy (non-hydrogen) atoms. The number of nitrogens with zero attached hydrogens (tertiary/aromatic N) is 2. The fourth-order valence-electron chi connectivity index (χ4n) is 1.86. The minimum Gasteiger partial charge on any atom is -0.480 e. The summed E-state index contributed by atoms with van der Waals surface area (Å²) in [7, 11) is 0. The van der Waals surface area contributed by atoms with Crippen molar-refractivity contribution in [2.45, 2.75) is 19.9 Å². The highest BCUT2D eigenvalue weighted by atomic mass is 32.1. The van der Waals surface area contributed by atoms with Crippen LogP contribution < -0.4 is 0 Å². The van der Waals surface area contributed by atoms with Crippen LogP contribution in [0.3, 0.4) is 0 Å². The summed E-state index contributed by atoms with van der Waals surface area (Å²) in [5.74, 6) is -0.0858. The van der Waals surface area contributed by atoms with Crippen molar-refractivity contribution in [3.8, 4) is 10.7 Å². The van der Waals surface area contributed by atoms with Crippen LogP contribution in [0.15, 0.2) is 29.9 Å². The summed E-state index contributed by atoms with van der Waals surface area (Å²) in [6, 6.07) is 3.31. The van der Waals surface area contributed by atoms with Gasteiger partial charge in [0.1, 0.15) is 6.04 Å². The minimum atomic E-state index is -0.823. The Balaban J connectivity index is 2.46. The van der Waals surface area contributed by atoms with Crippen molar-refractivity contribution in [1.29, 1.82) is 0 Å². The van der Waals surface area contributed by atoms with Crippen LogP contribution in [0.25, 0.3) is 10.7 Å². The third-order valence-electron chi connectivity index (χ3n) is 2.59. The average Bonchev–Trinajstić information content (AvgIpc) is 2.84. The lowest BCUT2D eigenvalue weighted by molar-refractivity contribution is -0.142. The smallest absolute Gasteiger partial charge is 0.327 e. The molecule has 0 radical (unpaired) electrons.